The average Bonchev–Trinajstić information content (AvgIpc) is 1.94. The molecule has 3 unspecified atom stereocenters. The van der Waals surface area contributed by atoms with E-state index in [2.05, 4.69) is 129 Å². The summed E-state index contributed by atoms with van der Waals surface area (Å²) < 4.78 is 23.5. The largest absolute Gasteiger partial charge is 0.756 e. The van der Waals surface area contributed by atoms with Gasteiger partial charge in [-0.1, -0.05) is 373 Å². The van der Waals surface area contributed by atoms with Crippen LogP contribution in [0.25, 0.3) is 0 Å². The molecule has 2 N–H and O–H groups in total. The number of aliphatic hydroxyl groups is 1. The van der Waals surface area contributed by atoms with Crippen LogP contribution in [0.5, 0.6) is 0 Å². The summed E-state index contributed by atoms with van der Waals surface area (Å²) in [4.78, 5) is 25.7. The van der Waals surface area contributed by atoms with Crippen molar-refractivity contribution in [2.24, 2.45) is 0 Å². The van der Waals surface area contributed by atoms with Crippen molar-refractivity contribution >= 4 is 13.7 Å². The fourth-order valence-corrected chi connectivity index (χ4v) is 12.1. The summed E-state index contributed by atoms with van der Waals surface area (Å²) in [6.45, 7) is 4.55. The third-order valence-electron chi connectivity index (χ3n) is 17.4. The summed E-state index contributed by atoms with van der Waals surface area (Å²) in [5.41, 5.74) is 0. The van der Waals surface area contributed by atoms with Crippen molar-refractivity contribution in [2.45, 2.75) is 366 Å². The molecule has 0 aliphatic carbocycles. The van der Waals surface area contributed by atoms with Crippen LogP contribution in [0.15, 0.2) is 122 Å². The maximum Gasteiger partial charge on any atom is 0.268 e. The minimum Gasteiger partial charge on any atom is -0.756 e. The van der Waals surface area contributed by atoms with Crippen molar-refractivity contribution in [2.75, 3.05) is 40.9 Å². The summed E-state index contributed by atoms with van der Waals surface area (Å²) in [6, 6.07) is -0.913. The van der Waals surface area contributed by atoms with E-state index in [0.29, 0.717) is 17.4 Å². The van der Waals surface area contributed by atoms with Crippen LogP contribution in [0.4, 0.5) is 0 Å². The molecule has 0 aromatic heterocycles. The number of aliphatic hydroxyl groups excluding tert-OH is 1. The molecule has 0 aromatic carbocycles. The third-order valence-corrected chi connectivity index (χ3v) is 18.4. The van der Waals surface area contributed by atoms with E-state index in [1.807, 2.05) is 27.2 Å². The van der Waals surface area contributed by atoms with Crippen molar-refractivity contribution in [3.63, 3.8) is 0 Å². The Morgan fingerprint density at radius 3 is 1.00 bits per heavy atom. The van der Waals surface area contributed by atoms with Gasteiger partial charge in [0.25, 0.3) is 7.82 Å². The number of unbranched alkanes of at least 4 members (excludes halogenated alkanes) is 41. The summed E-state index contributed by atoms with van der Waals surface area (Å²) in [7, 11) is 1.24. The van der Waals surface area contributed by atoms with Crippen LogP contribution >= 0.6 is 7.82 Å². The molecule has 538 valence electrons. The topological polar surface area (TPSA) is 108 Å². The molecule has 0 aromatic rings. The highest BCUT2D eigenvalue weighted by Gasteiger charge is 2.23. The number of rotatable bonds is 72. The SMILES string of the molecule is CC/C=C\C/C=C\C/C=C\C/C=C\C/C=C\C/C=C\C/C=C\C/C=C\CCCCCCCCCCCCCCCCC(=O)NC(COP(=O)([O-])OCC[N+](C)(C)C)C(O)/C=C/CC/C=C/CCCCCCCCCCCCCCCCCCCCCCCCCCCC. The van der Waals surface area contributed by atoms with Gasteiger partial charge in [0.15, 0.2) is 0 Å². The van der Waals surface area contributed by atoms with Crippen molar-refractivity contribution in [1.82, 2.24) is 5.32 Å². The van der Waals surface area contributed by atoms with Crippen LogP contribution in [0.2, 0.25) is 0 Å². The number of nitrogens with one attached hydrogen (secondary N) is 1. The number of quaternary nitrogens is 1. The van der Waals surface area contributed by atoms with Gasteiger partial charge in [-0.25, -0.2) is 0 Å². The highest BCUT2D eigenvalue weighted by Crippen LogP contribution is 2.38. The molecular formula is C84H151N2O6P. The van der Waals surface area contributed by atoms with E-state index in [9.17, 15) is 19.4 Å². The lowest BCUT2D eigenvalue weighted by atomic mass is 10.0. The molecule has 0 aliphatic rings. The van der Waals surface area contributed by atoms with E-state index in [-0.39, 0.29) is 12.5 Å². The maximum absolute atomic E-state index is 13.1. The van der Waals surface area contributed by atoms with Crippen molar-refractivity contribution in [3.05, 3.63) is 122 Å². The van der Waals surface area contributed by atoms with Crippen LogP contribution in [0, 0.1) is 0 Å². The van der Waals surface area contributed by atoms with Gasteiger partial charge in [0.1, 0.15) is 13.2 Å². The summed E-state index contributed by atoms with van der Waals surface area (Å²) in [5.74, 6) is -0.208. The lowest BCUT2D eigenvalue weighted by Gasteiger charge is -2.29. The highest BCUT2D eigenvalue weighted by molar-refractivity contribution is 7.45. The van der Waals surface area contributed by atoms with Crippen LogP contribution < -0.4 is 10.2 Å². The lowest BCUT2D eigenvalue weighted by Crippen LogP contribution is -2.45. The number of allylic oxidation sites excluding steroid dienone is 19. The van der Waals surface area contributed by atoms with Crippen molar-refractivity contribution < 1.29 is 32.9 Å². The Morgan fingerprint density at radius 1 is 0.387 bits per heavy atom. The molecule has 0 saturated carbocycles. The van der Waals surface area contributed by atoms with E-state index in [0.717, 1.165) is 89.9 Å². The molecule has 9 heteroatoms. The maximum atomic E-state index is 13.1. The second-order valence-electron chi connectivity index (χ2n) is 27.7. The van der Waals surface area contributed by atoms with E-state index < -0.39 is 26.6 Å². The number of amides is 1. The molecule has 0 rings (SSSR count). The smallest absolute Gasteiger partial charge is 0.268 e. The molecular weight excluding hydrogens is 1160 g/mol. The Hall–Kier alpha value is -3.10. The molecule has 93 heavy (non-hydrogen) atoms. The second kappa shape index (κ2) is 73.2. The highest BCUT2D eigenvalue weighted by atomic mass is 31.2. The minimum atomic E-state index is -4.62. The van der Waals surface area contributed by atoms with Crippen LogP contribution in [-0.4, -0.2) is 68.5 Å². The molecule has 0 radical (unpaired) electrons. The Balaban J connectivity index is 4.06. The number of hydrogen-bond donors (Lipinski definition) is 2. The average molecular weight is 1320 g/mol. The molecule has 0 fully saturated rings. The van der Waals surface area contributed by atoms with E-state index >= 15 is 0 Å². The van der Waals surface area contributed by atoms with Crippen LogP contribution in [-0.2, 0) is 18.4 Å². The Bertz CT molecular complexity index is 1940. The molecule has 0 spiro atoms. The first-order valence-corrected chi connectivity index (χ1v) is 40.9. The second-order valence-corrected chi connectivity index (χ2v) is 29.1. The van der Waals surface area contributed by atoms with E-state index in [4.69, 9.17) is 9.05 Å². The number of likely N-dealkylation sites (N-methyl/N-ethyl adjacent to an activating group) is 1. The van der Waals surface area contributed by atoms with Crippen molar-refractivity contribution in [1.29, 1.82) is 0 Å². The number of carbonyl (C=O) groups is 1. The predicted molar refractivity (Wildman–Crippen MR) is 408 cm³/mol. The number of phosphoric acid groups is 1. The molecule has 0 bridgehead atoms. The van der Waals surface area contributed by atoms with Gasteiger partial charge in [-0.3, -0.25) is 9.36 Å². The Kier molecular flexibility index (Phi) is 70.7. The number of nitrogens with zero attached hydrogens (tertiary/aromatic N) is 1. The first kappa shape index (κ1) is 89.9. The summed E-state index contributed by atoms with van der Waals surface area (Å²) in [5, 5.41) is 14.0. The van der Waals surface area contributed by atoms with Gasteiger partial charge >= 0.3 is 0 Å². The molecule has 0 saturated heterocycles. The Labute approximate surface area is 577 Å². The minimum absolute atomic E-state index is 0.0101. The zero-order chi connectivity index (χ0) is 67.6. The zero-order valence-corrected chi connectivity index (χ0v) is 62.6. The molecule has 8 nitrogen and oxygen atoms in total. The fourth-order valence-electron chi connectivity index (χ4n) is 11.4. The van der Waals surface area contributed by atoms with Gasteiger partial charge in [-0.2, -0.15) is 0 Å². The summed E-state index contributed by atoms with van der Waals surface area (Å²) in [6.07, 6.45) is 109. The van der Waals surface area contributed by atoms with Crippen molar-refractivity contribution in [3.8, 4) is 0 Å². The Morgan fingerprint density at radius 2 is 0.667 bits per heavy atom. The molecule has 0 aliphatic heterocycles. The zero-order valence-electron chi connectivity index (χ0n) is 61.7. The number of phosphoric ester groups is 1. The molecule has 0 heterocycles. The quantitative estimate of drug-likeness (QED) is 0.0272. The van der Waals surface area contributed by atoms with Crippen LogP contribution in [0.3, 0.4) is 0 Å². The summed E-state index contributed by atoms with van der Waals surface area (Å²) >= 11 is 0. The van der Waals surface area contributed by atoms with Gasteiger partial charge in [0.2, 0.25) is 5.91 Å². The monoisotopic (exact) mass is 1320 g/mol. The van der Waals surface area contributed by atoms with Crippen LogP contribution in [0.1, 0.15) is 354 Å². The van der Waals surface area contributed by atoms with Gasteiger partial charge in [-0.15, -0.1) is 0 Å². The van der Waals surface area contributed by atoms with E-state index in [1.165, 1.54) is 244 Å². The standard InChI is InChI=1S/C84H151N2O6P/c1-6-8-10-12-14-16-18-20-22-24-26-28-30-32-34-36-38-40-41-42-43-44-45-46-48-50-52-54-56-58-60-62-64-66-68-70-72-74-76-78-84(88)85-82(81-92-93(89,90)91-80-79-86(3,4)5)83(87)77-75-73-71-69-67-65-63-61-59-57-55-53-51-49-47-39-37-35-33-31-29-27-25-23-21-19-17-15-13-11-9-7-2/h8,10,14,16,20,22,26,28,32,34,38,40,42-43,45-46,67,69,75,77,82-83,87H,6-7,9,11-13,15,17-19,21,23-25,27,29-31,33,35-37,39,41,44,47-66,68,70-74,76,78-81H2,1-5H3,(H-,85,88,89,90)/b10-8-,16-14-,22-20-,28-26-,34-32-,40-38-,43-42-,46-45-,69-67+,77-75+. The van der Waals surface area contributed by atoms with Gasteiger partial charge in [0, 0.05) is 6.42 Å². The van der Waals surface area contributed by atoms with Gasteiger partial charge < -0.3 is 28.8 Å². The molecule has 3 atom stereocenters. The normalized spacial score (nSPS) is 14.2. The number of carbonyl (C=O) groups excluding carboxylic acids is 1. The van der Waals surface area contributed by atoms with E-state index in [1.54, 1.807) is 6.08 Å². The third kappa shape index (κ3) is 76.1. The molecule has 1 amide bonds. The predicted octanol–water partition coefficient (Wildman–Crippen LogP) is 25.3. The first-order valence-electron chi connectivity index (χ1n) is 39.4. The fraction of sp³-hybridized carbons (Fsp3) is 0.750. The van der Waals surface area contributed by atoms with Gasteiger partial charge in [0.05, 0.1) is 39.9 Å². The lowest BCUT2D eigenvalue weighted by molar-refractivity contribution is -0.870. The van der Waals surface area contributed by atoms with Gasteiger partial charge in [-0.05, 0) is 96.3 Å². The first-order chi connectivity index (χ1) is 45.5. The number of hydrogen-bond acceptors (Lipinski definition) is 6.